The quantitative estimate of drug-likeness (QED) is 0.120. The molecule has 1 saturated carbocycles. The van der Waals surface area contributed by atoms with Gasteiger partial charge >= 0.3 is 0 Å². The van der Waals surface area contributed by atoms with Crippen LogP contribution < -0.4 is 15.1 Å². The van der Waals surface area contributed by atoms with Gasteiger partial charge in [0.15, 0.2) is 0 Å². The summed E-state index contributed by atoms with van der Waals surface area (Å²) >= 11 is 6.49. The minimum atomic E-state index is -1.52. The third-order valence-corrected chi connectivity index (χ3v) is 12.8. The highest BCUT2D eigenvalue weighted by Gasteiger charge is 2.70. The molecule has 4 aliphatic rings. The van der Waals surface area contributed by atoms with E-state index in [-0.39, 0.29) is 37.0 Å². The number of imide groups is 2. The van der Waals surface area contributed by atoms with Crippen molar-refractivity contribution in [2.45, 2.75) is 44.6 Å². The van der Waals surface area contributed by atoms with Crippen molar-refractivity contribution in [2.75, 3.05) is 10.3 Å². The van der Waals surface area contributed by atoms with Gasteiger partial charge in [-0.15, -0.1) is 0 Å². The van der Waals surface area contributed by atoms with Crippen molar-refractivity contribution in [3.63, 3.8) is 0 Å². The summed E-state index contributed by atoms with van der Waals surface area (Å²) in [5.74, 6) is -5.21. The summed E-state index contributed by atoms with van der Waals surface area (Å²) in [6.07, 6.45) is 2.35. The molecule has 2 aliphatic heterocycles. The van der Waals surface area contributed by atoms with Crippen LogP contribution in [0.3, 0.4) is 0 Å². The molecule has 0 bridgehead atoms. The van der Waals surface area contributed by atoms with Crippen LogP contribution in [0.15, 0.2) is 133 Å². The van der Waals surface area contributed by atoms with E-state index in [0.717, 1.165) is 27.3 Å². The molecule has 4 amide bonds. The van der Waals surface area contributed by atoms with Crippen LogP contribution in [-0.4, -0.2) is 33.7 Å². The first-order valence-electron chi connectivity index (χ1n) is 19.2. The molecule has 0 aromatic heterocycles. The van der Waals surface area contributed by atoms with Crippen LogP contribution in [0.5, 0.6) is 11.5 Å². The Hall–Kier alpha value is -6.19. The highest BCUT2D eigenvalue weighted by Crippen LogP contribution is 2.65. The van der Waals surface area contributed by atoms with Crippen LogP contribution in [0, 0.1) is 37.5 Å². The largest absolute Gasteiger partial charge is 0.508 e. The number of allylic oxidation sites excluding steroid dienone is 2. The number of rotatable bonds is 8. The van der Waals surface area contributed by atoms with Crippen LogP contribution >= 0.6 is 11.6 Å². The summed E-state index contributed by atoms with van der Waals surface area (Å²) in [5.41, 5.74) is 7.12. The average Bonchev–Trinajstić information content (AvgIpc) is 3.60. The van der Waals surface area contributed by atoms with Gasteiger partial charge in [0.05, 0.1) is 34.5 Å². The lowest BCUT2D eigenvalue weighted by atomic mass is 9.49. The molecule has 6 atom stereocenters. The van der Waals surface area contributed by atoms with Crippen LogP contribution in [0.4, 0.5) is 11.4 Å². The Morgan fingerprint density at radius 1 is 0.807 bits per heavy atom. The van der Waals surface area contributed by atoms with E-state index in [1.54, 1.807) is 36.4 Å². The van der Waals surface area contributed by atoms with Crippen molar-refractivity contribution < 1.29 is 29.0 Å². The van der Waals surface area contributed by atoms with Gasteiger partial charge in [0.2, 0.25) is 11.8 Å². The molecule has 57 heavy (non-hydrogen) atoms. The first-order valence-corrected chi connectivity index (χ1v) is 19.6. The second-order valence-corrected chi connectivity index (χ2v) is 15.9. The highest BCUT2D eigenvalue weighted by molar-refractivity contribution is 6.32. The number of halogens is 1. The summed E-state index contributed by atoms with van der Waals surface area (Å²) in [5, 5.41) is 13.6. The number of nitrogens with zero attached hydrogens (tertiary/aromatic N) is 2. The Morgan fingerprint density at radius 3 is 2.23 bits per heavy atom. The van der Waals surface area contributed by atoms with Crippen LogP contribution in [0.2, 0.25) is 5.02 Å². The zero-order valence-corrected chi connectivity index (χ0v) is 32.1. The summed E-state index contributed by atoms with van der Waals surface area (Å²) in [4.78, 5) is 60.5. The predicted molar refractivity (Wildman–Crippen MR) is 216 cm³/mol. The van der Waals surface area contributed by atoms with Crippen molar-refractivity contribution in [1.29, 1.82) is 0 Å². The van der Waals surface area contributed by atoms with Crippen LogP contribution in [0.1, 0.15) is 46.6 Å². The minimum Gasteiger partial charge on any atom is -0.508 e. The van der Waals surface area contributed by atoms with E-state index >= 15 is 4.79 Å². The molecule has 2 N–H and O–H groups in total. The summed E-state index contributed by atoms with van der Waals surface area (Å²) in [6.45, 7) is 4.09. The number of phenolic OH excluding ortho intramolecular Hbond substituents is 1. The number of phenols is 1. The molecule has 5 aromatic carbocycles. The van der Waals surface area contributed by atoms with Crippen molar-refractivity contribution in [1.82, 2.24) is 5.01 Å². The summed E-state index contributed by atoms with van der Waals surface area (Å²) in [7, 11) is 0. The lowest BCUT2D eigenvalue weighted by Gasteiger charge is -2.50. The maximum Gasteiger partial charge on any atom is 0.260 e. The Morgan fingerprint density at radius 2 is 1.53 bits per heavy atom. The van der Waals surface area contributed by atoms with Gasteiger partial charge < -0.3 is 9.84 Å². The monoisotopic (exact) mass is 777 g/mol. The van der Waals surface area contributed by atoms with Crippen molar-refractivity contribution in [3.8, 4) is 11.5 Å². The standard InChI is InChI=1S/C47H40ClN3O6/c1-27-13-16-31(17-14-27)49-51-44(54)38-25-37-34(21-22-36-41(37)45(55)50(43(36)53)32-18-15-28(2)39(48)23-32)42(47(38,46(51)56)30-11-7-4-8-12-30)35-20-19-33(24-40(35)52)57-26-29-9-5-3-6-10-29/h3-21,23-24,36-38,41-42,49,52H,22,25-26H2,1-2H3. The van der Waals surface area contributed by atoms with E-state index in [2.05, 4.69) is 5.43 Å². The van der Waals surface area contributed by atoms with Gasteiger partial charge in [-0.05, 0) is 79.6 Å². The molecule has 3 fully saturated rings. The zero-order chi connectivity index (χ0) is 39.6. The minimum absolute atomic E-state index is 0.113. The van der Waals surface area contributed by atoms with E-state index in [9.17, 15) is 19.5 Å². The maximum atomic E-state index is 15.4. The number of hydrogen-bond donors (Lipinski definition) is 2. The van der Waals surface area contributed by atoms with Gasteiger partial charge in [-0.1, -0.05) is 114 Å². The van der Waals surface area contributed by atoms with Gasteiger partial charge in [0, 0.05) is 22.6 Å². The van der Waals surface area contributed by atoms with Crippen LogP contribution in [-0.2, 0) is 31.2 Å². The number of nitrogens with one attached hydrogen (secondary N) is 1. The van der Waals surface area contributed by atoms with Gasteiger partial charge in [-0.25, -0.2) is 4.90 Å². The number of benzene rings is 5. The Kier molecular flexibility index (Phi) is 9.00. The van der Waals surface area contributed by atoms with Gasteiger partial charge in [-0.2, -0.15) is 5.01 Å². The number of aromatic hydroxyl groups is 1. The predicted octanol–water partition coefficient (Wildman–Crippen LogP) is 8.43. The highest BCUT2D eigenvalue weighted by atomic mass is 35.5. The number of fused-ring (bicyclic) bond motifs is 4. The molecular weight excluding hydrogens is 738 g/mol. The number of hydrazine groups is 1. The number of carbonyl (C=O) groups excluding carboxylic acids is 4. The topological polar surface area (TPSA) is 116 Å². The number of aryl methyl sites for hydroxylation is 2. The first kappa shape index (κ1) is 36.4. The van der Waals surface area contributed by atoms with Crippen LogP contribution in [0.25, 0.3) is 0 Å². The second kappa shape index (κ2) is 14.1. The lowest BCUT2D eigenvalue weighted by molar-refractivity contribution is -0.138. The van der Waals surface area contributed by atoms with Crippen molar-refractivity contribution in [2.24, 2.45) is 23.7 Å². The normalized spacial score (nSPS) is 25.2. The molecule has 2 saturated heterocycles. The average molecular weight is 778 g/mol. The third kappa shape index (κ3) is 5.82. The fourth-order valence-corrected chi connectivity index (χ4v) is 9.84. The zero-order valence-electron chi connectivity index (χ0n) is 31.4. The van der Waals surface area contributed by atoms with E-state index in [0.29, 0.717) is 33.3 Å². The first-order chi connectivity index (χ1) is 27.6. The number of anilines is 2. The van der Waals surface area contributed by atoms with E-state index in [1.807, 2.05) is 105 Å². The molecule has 0 spiro atoms. The lowest BCUT2D eigenvalue weighted by Crippen LogP contribution is -2.53. The molecule has 286 valence electrons. The third-order valence-electron chi connectivity index (χ3n) is 12.4. The maximum absolute atomic E-state index is 15.4. The molecule has 9 nitrogen and oxygen atoms in total. The van der Waals surface area contributed by atoms with Gasteiger partial charge in [0.25, 0.3) is 11.8 Å². The Bertz CT molecular complexity index is 2470. The summed E-state index contributed by atoms with van der Waals surface area (Å²) in [6, 6.07) is 36.5. The molecular formula is C47H40ClN3O6. The second-order valence-electron chi connectivity index (χ2n) is 15.5. The van der Waals surface area contributed by atoms with Gasteiger partial charge in [0.1, 0.15) is 18.1 Å². The molecule has 10 heteroatoms. The smallest absolute Gasteiger partial charge is 0.260 e. The molecule has 2 aliphatic carbocycles. The fourth-order valence-electron chi connectivity index (χ4n) is 9.67. The fraction of sp³-hybridized carbons (Fsp3) is 0.234. The Labute approximate surface area is 335 Å². The molecule has 2 heterocycles. The molecule has 9 rings (SSSR count). The van der Waals surface area contributed by atoms with Crippen molar-refractivity contribution >= 4 is 46.6 Å². The number of amides is 4. The molecule has 5 aromatic rings. The van der Waals surface area contributed by atoms with E-state index < -0.39 is 46.8 Å². The Balaban J connectivity index is 1.19. The van der Waals surface area contributed by atoms with Crippen molar-refractivity contribution in [3.05, 3.63) is 166 Å². The van der Waals surface area contributed by atoms with Gasteiger partial charge in [-0.3, -0.25) is 24.6 Å². The number of hydrogen-bond acceptors (Lipinski definition) is 7. The number of ether oxygens (including phenoxy) is 1. The molecule has 0 radical (unpaired) electrons. The summed E-state index contributed by atoms with van der Waals surface area (Å²) < 4.78 is 6.09. The SMILES string of the molecule is Cc1ccc(NN2C(=O)C3CC4C(=CCC5C(=O)N(c6ccc(C)c(Cl)c6)C(=O)C54)C(c4ccc(OCc5ccccc5)cc4O)C3(c3ccccc3)C2=O)cc1. The molecule has 6 unspecified atom stereocenters. The number of carbonyl (C=O) groups is 4. The van der Waals surface area contributed by atoms with E-state index in [4.69, 9.17) is 16.3 Å². The van der Waals surface area contributed by atoms with E-state index in [1.165, 1.54) is 4.90 Å².